The molecule has 2 saturated heterocycles. The van der Waals surface area contributed by atoms with Crippen LogP contribution >= 0.6 is 0 Å². The van der Waals surface area contributed by atoms with Crippen LogP contribution in [0.2, 0.25) is 0 Å². The van der Waals surface area contributed by atoms with Gasteiger partial charge in [-0.05, 0) is 37.8 Å². The van der Waals surface area contributed by atoms with E-state index in [0.717, 1.165) is 31.5 Å². The smallest absolute Gasteiger partial charge is 0.253 e. The molecule has 1 aromatic carbocycles. The van der Waals surface area contributed by atoms with E-state index < -0.39 is 0 Å². The zero-order chi connectivity index (χ0) is 17.6. The molecule has 0 unspecified atom stereocenters. The molecule has 2 N–H and O–H groups in total. The minimum absolute atomic E-state index is 0.00925. The molecule has 0 radical (unpaired) electrons. The summed E-state index contributed by atoms with van der Waals surface area (Å²) in [6, 6.07) is 9.13. The van der Waals surface area contributed by atoms with Gasteiger partial charge in [0.15, 0.2) is 0 Å². The number of hydrogen-bond acceptors (Lipinski definition) is 4. The number of nitrogens with one attached hydrogen (secondary N) is 2. The number of benzene rings is 1. The first-order valence-electron chi connectivity index (χ1n) is 9.12. The average molecular weight is 345 g/mol. The van der Waals surface area contributed by atoms with Crippen LogP contribution in [0.4, 0.5) is 0 Å². The van der Waals surface area contributed by atoms with E-state index >= 15 is 0 Å². The highest BCUT2D eigenvalue weighted by atomic mass is 16.5. The second-order valence-electron chi connectivity index (χ2n) is 6.85. The standard InChI is InChI=1S/C19H27N3O3/c1-14-17(20-9-12-25-14)18(23)21-13-15-7-10-22(11-8-15)19(24)16-5-3-2-4-6-16/h2-6,14-15,17,20H,7-13H2,1H3,(H,21,23)/t14-,17+/m1/s1. The van der Waals surface area contributed by atoms with Crippen molar-refractivity contribution in [3.05, 3.63) is 35.9 Å². The summed E-state index contributed by atoms with van der Waals surface area (Å²) in [6.07, 6.45) is 1.74. The lowest BCUT2D eigenvalue weighted by atomic mass is 9.96. The molecule has 2 aliphatic heterocycles. The van der Waals surface area contributed by atoms with Gasteiger partial charge in [-0.2, -0.15) is 0 Å². The largest absolute Gasteiger partial charge is 0.375 e. The number of piperidine rings is 1. The van der Waals surface area contributed by atoms with Gasteiger partial charge in [0.2, 0.25) is 5.91 Å². The molecule has 2 amide bonds. The lowest BCUT2D eigenvalue weighted by Crippen LogP contribution is -2.56. The molecule has 0 bridgehead atoms. The maximum absolute atomic E-state index is 12.4. The number of likely N-dealkylation sites (tertiary alicyclic amines) is 1. The van der Waals surface area contributed by atoms with E-state index in [1.54, 1.807) is 0 Å². The maximum atomic E-state index is 12.4. The third-order valence-electron chi connectivity index (χ3n) is 5.09. The number of amides is 2. The summed E-state index contributed by atoms with van der Waals surface area (Å²) in [5.41, 5.74) is 0.742. The summed E-state index contributed by atoms with van der Waals surface area (Å²) in [6.45, 7) is 5.44. The fraction of sp³-hybridized carbons (Fsp3) is 0.579. The lowest BCUT2D eigenvalue weighted by Gasteiger charge is -2.33. The molecule has 2 fully saturated rings. The van der Waals surface area contributed by atoms with Crippen LogP contribution in [0, 0.1) is 5.92 Å². The van der Waals surface area contributed by atoms with Gasteiger partial charge in [-0.1, -0.05) is 18.2 Å². The Morgan fingerprint density at radius 3 is 2.64 bits per heavy atom. The summed E-state index contributed by atoms with van der Waals surface area (Å²) in [4.78, 5) is 26.6. The van der Waals surface area contributed by atoms with Crippen molar-refractivity contribution in [1.82, 2.24) is 15.5 Å². The molecule has 2 atom stereocenters. The third kappa shape index (κ3) is 4.58. The molecular formula is C19H27N3O3. The third-order valence-corrected chi connectivity index (χ3v) is 5.09. The zero-order valence-electron chi connectivity index (χ0n) is 14.7. The molecule has 25 heavy (non-hydrogen) atoms. The first-order valence-corrected chi connectivity index (χ1v) is 9.12. The van der Waals surface area contributed by atoms with Crippen LogP contribution in [0.15, 0.2) is 30.3 Å². The summed E-state index contributed by atoms with van der Waals surface area (Å²) >= 11 is 0. The molecule has 6 heteroatoms. The fourth-order valence-corrected chi connectivity index (χ4v) is 3.49. The molecule has 0 aliphatic carbocycles. The number of morpholine rings is 1. The minimum atomic E-state index is -0.270. The van der Waals surface area contributed by atoms with Crippen LogP contribution in [0.1, 0.15) is 30.1 Å². The van der Waals surface area contributed by atoms with Crippen molar-refractivity contribution in [1.29, 1.82) is 0 Å². The van der Waals surface area contributed by atoms with Crippen molar-refractivity contribution < 1.29 is 14.3 Å². The van der Waals surface area contributed by atoms with E-state index in [1.165, 1.54) is 0 Å². The Labute approximate surface area is 148 Å². The van der Waals surface area contributed by atoms with Crippen molar-refractivity contribution >= 4 is 11.8 Å². The van der Waals surface area contributed by atoms with E-state index in [4.69, 9.17) is 4.74 Å². The topological polar surface area (TPSA) is 70.7 Å². The number of nitrogens with zero attached hydrogens (tertiary/aromatic N) is 1. The number of rotatable bonds is 4. The molecular weight excluding hydrogens is 318 g/mol. The van der Waals surface area contributed by atoms with Crippen molar-refractivity contribution in [2.75, 3.05) is 32.8 Å². The maximum Gasteiger partial charge on any atom is 0.253 e. The van der Waals surface area contributed by atoms with Crippen molar-refractivity contribution in [3.8, 4) is 0 Å². The van der Waals surface area contributed by atoms with Crippen LogP contribution < -0.4 is 10.6 Å². The molecule has 6 nitrogen and oxygen atoms in total. The second kappa shape index (κ2) is 8.45. The molecule has 3 rings (SSSR count). The Kier molecular flexibility index (Phi) is 6.04. The highest BCUT2D eigenvalue weighted by Crippen LogP contribution is 2.18. The Hall–Kier alpha value is -1.92. The number of ether oxygens (including phenoxy) is 1. The van der Waals surface area contributed by atoms with Gasteiger partial charge in [-0.25, -0.2) is 0 Å². The first kappa shape index (κ1) is 17.9. The highest BCUT2D eigenvalue weighted by Gasteiger charge is 2.29. The molecule has 0 aromatic heterocycles. The summed E-state index contributed by atoms with van der Waals surface area (Å²) in [5.74, 6) is 0.527. The van der Waals surface area contributed by atoms with Gasteiger partial charge in [-0.15, -0.1) is 0 Å². The van der Waals surface area contributed by atoms with Gasteiger partial charge in [0.05, 0.1) is 12.7 Å². The van der Waals surface area contributed by atoms with Crippen LogP contribution in [0.5, 0.6) is 0 Å². The van der Waals surface area contributed by atoms with Gasteiger partial charge in [0, 0.05) is 31.7 Å². The summed E-state index contributed by atoms with van der Waals surface area (Å²) in [5, 5.41) is 6.25. The van der Waals surface area contributed by atoms with Crippen LogP contribution in [-0.2, 0) is 9.53 Å². The van der Waals surface area contributed by atoms with Crippen molar-refractivity contribution in [2.24, 2.45) is 5.92 Å². The van der Waals surface area contributed by atoms with E-state index in [9.17, 15) is 9.59 Å². The molecule has 1 aromatic rings. The van der Waals surface area contributed by atoms with E-state index in [-0.39, 0.29) is 24.0 Å². The normalized spacial score (nSPS) is 24.8. The van der Waals surface area contributed by atoms with Crippen LogP contribution in [-0.4, -0.2) is 61.6 Å². The molecule has 0 spiro atoms. The van der Waals surface area contributed by atoms with E-state index in [2.05, 4.69) is 10.6 Å². The number of hydrogen-bond donors (Lipinski definition) is 2. The van der Waals surface area contributed by atoms with E-state index in [0.29, 0.717) is 25.6 Å². The Bertz CT molecular complexity index is 585. The van der Waals surface area contributed by atoms with Gasteiger partial charge in [0.1, 0.15) is 6.04 Å². The van der Waals surface area contributed by atoms with Gasteiger partial charge >= 0.3 is 0 Å². The predicted octanol–water partition coefficient (Wildman–Crippen LogP) is 1.03. The van der Waals surface area contributed by atoms with E-state index in [1.807, 2.05) is 42.2 Å². The quantitative estimate of drug-likeness (QED) is 0.855. The Morgan fingerprint density at radius 2 is 1.96 bits per heavy atom. The summed E-state index contributed by atoms with van der Waals surface area (Å²) < 4.78 is 5.52. The first-order chi connectivity index (χ1) is 12.1. The molecule has 0 saturated carbocycles. The zero-order valence-corrected chi connectivity index (χ0v) is 14.7. The van der Waals surface area contributed by atoms with Crippen LogP contribution in [0.25, 0.3) is 0 Å². The van der Waals surface area contributed by atoms with Gasteiger partial charge in [-0.3, -0.25) is 9.59 Å². The molecule has 2 aliphatic rings. The molecule has 2 heterocycles. The Morgan fingerprint density at radius 1 is 1.24 bits per heavy atom. The fourth-order valence-electron chi connectivity index (χ4n) is 3.49. The molecule has 136 valence electrons. The lowest BCUT2D eigenvalue weighted by molar-refractivity contribution is -0.129. The SMILES string of the molecule is C[C@H]1OCCN[C@@H]1C(=O)NCC1CCN(C(=O)c2ccccc2)CC1. The predicted molar refractivity (Wildman–Crippen MR) is 95.3 cm³/mol. The number of carbonyl (C=O) groups excluding carboxylic acids is 2. The number of carbonyl (C=O) groups is 2. The van der Waals surface area contributed by atoms with Crippen molar-refractivity contribution in [3.63, 3.8) is 0 Å². The van der Waals surface area contributed by atoms with Gasteiger partial charge < -0.3 is 20.3 Å². The van der Waals surface area contributed by atoms with Gasteiger partial charge in [0.25, 0.3) is 5.91 Å². The average Bonchev–Trinajstić information content (AvgIpc) is 2.67. The monoisotopic (exact) mass is 345 g/mol. The Balaban J connectivity index is 1.42. The van der Waals surface area contributed by atoms with Crippen molar-refractivity contribution in [2.45, 2.75) is 31.9 Å². The minimum Gasteiger partial charge on any atom is -0.375 e. The van der Waals surface area contributed by atoms with Crippen LogP contribution in [0.3, 0.4) is 0 Å². The summed E-state index contributed by atoms with van der Waals surface area (Å²) in [7, 11) is 0. The highest BCUT2D eigenvalue weighted by molar-refractivity contribution is 5.94. The second-order valence-corrected chi connectivity index (χ2v) is 6.85.